The average Bonchev–Trinajstić information content (AvgIpc) is 2.39. The van der Waals surface area contributed by atoms with Gasteiger partial charge in [-0.2, -0.15) is 0 Å². The van der Waals surface area contributed by atoms with Gasteiger partial charge in [0.25, 0.3) is 0 Å². The van der Waals surface area contributed by atoms with Crippen molar-refractivity contribution in [1.29, 1.82) is 0 Å². The van der Waals surface area contributed by atoms with E-state index in [1.165, 1.54) is 0 Å². The molecule has 0 atom stereocenters. The van der Waals surface area contributed by atoms with Gasteiger partial charge in [0.05, 0.1) is 0 Å². The van der Waals surface area contributed by atoms with Crippen molar-refractivity contribution in [2.45, 2.75) is 12.8 Å². The summed E-state index contributed by atoms with van der Waals surface area (Å²) in [6.07, 6.45) is 4.50. The molecule has 18 heavy (non-hydrogen) atoms. The highest BCUT2D eigenvalue weighted by Gasteiger charge is 2.04. The maximum atomic E-state index is 11.8. The number of amides is 1. The SMILES string of the molecule is O=C(CCc1ccccc1Br)Nc1ccncc1. The van der Waals surface area contributed by atoms with Crippen molar-refractivity contribution in [2.75, 3.05) is 5.32 Å². The first-order chi connectivity index (χ1) is 8.75. The van der Waals surface area contributed by atoms with Crippen molar-refractivity contribution < 1.29 is 4.79 Å². The summed E-state index contributed by atoms with van der Waals surface area (Å²) in [6, 6.07) is 11.5. The van der Waals surface area contributed by atoms with Crippen LogP contribution in [0.4, 0.5) is 5.69 Å². The van der Waals surface area contributed by atoms with Crippen LogP contribution in [0.3, 0.4) is 0 Å². The number of hydrogen-bond donors (Lipinski definition) is 1. The van der Waals surface area contributed by atoms with E-state index in [4.69, 9.17) is 0 Å². The predicted octanol–water partition coefficient (Wildman–Crippen LogP) is 3.42. The number of carbonyl (C=O) groups excluding carboxylic acids is 1. The Morgan fingerprint density at radius 2 is 1.89 bits per heavy atom. The first-order valence-electron chi connectivity index (χ1n) is 5.69. The van der Waals surface area contributed by atoms with Gasteiger partial charge in [-0.25, -0.2) is 0 Å². The average molecular weight is 305 g/mol. The Balaban J connectivity index is 1.88. The molecule has 0 fully saturated rings. The van der Waals surface area contributed by atoms with Crippen LogP contribution in [0.1, 0.15) is 12.0 Å². The Morgan fingerprint density at radius 3 is 2.61 bits per heavy atom. The van der Waals surface area contributed by atoms with Gasteiger partial charge in [0.2, 0.25) is 5.91 Å². The lowest BCUT2D eigenvalue weighted by Crippen LogP contribution is -2.12. The second kappa shape index (κ2) is 6.31. The number of carbonyl (C=O) groups is 1. The largest absolute Gasteiger partial charge is 0.326 e. The first kappa shape index (κ1) is 12.8. The molecule has 1 aromatic carbocycles. The van der Waals surface area contributed by atoms with Crippen molar-refractivity contribution in [2.24, 2.45) is 0 Å². The first-order valence-corrected chi connectivity index (χ1v) is 6.48. The molecule has 0 bridgehead atoms. The zero-order chi connectivity index (χ0) is 12.8. The van der Waals surface area contributed by atoms with E-state index in [2.05, 4.69) is 26.2 Å². The minimum absolute atomic E-state index is 0.0111. The second-order valence-electron chi connectivity index (χ2n) is 3.88. The van der Waals surface area contributed by atoms with Crippen LogP contribution in [-0.2, 0) is 11.2 Å². The zero-order valence-corrected chi connectivity index (χ0v) is 11.4. The molecule has 92 valence electrons. The quantitative estimate of drug-likeness (QED) is 0.940. The van der Waals surface area contributed by atoms with Gasteiger partial charge in [-0.15, -0.1) is 0 Å². The Morgan fingerprint density at radius 1 is 1.17 bits per heavy atom. The molecular weight excluding hydrogens is 292 g/mol. The number of aryl methyl sites for hydroxylation is 1. The van der Waals surface area contributed by atoms with E-state index in [0.717, 1.165) is 22.1 Å². The molecule has 1 amide bonds. The third kappa shape index (κ3) is 3.67. The maximum absolute atomic E-state index is 11.8. The fourth-order valence-corrected chi connectivity index (χ4v) is 2.09. The van der Waals surface area contributed by atoms with Gasteiger partial charge >= 0.3 is 0 Å². The lowest BCUT2D eigenvalue weighted by atomic mass is 10.1. The summed E-state index contributed by atoms with van der Waals surface area (Å²) < 4.78 is 1.04. The molecule has 0 radical (unpaired) electrons. The summed E-state index contributed by atoms with van der Waals surface area (Å²) in [5, 5.41) is 2.84. The van der Waals surface area contributed by atoms with Crippen molar-refractivity contribution in [3.05, 3.63) is 58.8 Å². The Bertz CT molecular complexity index is 528. The third-order valence-electron chi connectivity index (χ3n) is 2.54. The van der Waals surface area contributed by atoms with Gasteiger partial charge in [-0.3, -0.25) is 9.78 Å². The number of anilines is 1. The summed E-state index contributed by atoms with van der Waals surface area (Å²) in [5.74, 6) is 0.0111. The smallest absolute Gasteiger partial charge is 0.224 e. The van der Waals surface area contributed by atoms with Gasteiger partial charge in [0.1, 0.15) is 0 Å². The minimum Gasteiger partial charge on any atom is -0.326 e. The Labute approximate surface area is 114 Å². The predicted molar refractivity (Wildman–Crippen MR) is 75.3 cm³/mol. The highest BCUT2D eigenvalue weighted by atomic mass is 79.9. The van der Waals surface area contributed by atoms with E-state index < -0.39 is 0 Å². The van der Waals surface area contributed by atoms with Gasteiger partial charge in [-0.1, -0.05) is 34.1 Å². The highest BCUT2D eigenvalue weighted by molar-refractivity contribution is 9.10. The molecule has 4 heteroatoms. The van der Waals surface area contributed by atoms with Crippen molar-refractivity contribution in [3.8, 4) is 0 Å². The molecule has 2 rings (SSSR count). The number of nitrogens with one attached hydrogen (secondary N) is 1. The van der Waals surface area contributed by atoms with E-state index in [0.29, 0.717) is 6.42 Å². The standard InChI is InChI=1S/C14H13BrN2O/c15-13-4-2-1-3-11(13)5-6-14(18)17-12-7-9-16-10-8-12/h1-4,7-10H,5-6H2,(H,16,17,18). The number of hydrogen-bond acceptors (Lipinski definition) is 2. The Kier molecular flexibility index (Phi) is 4.47. The normalized spacial score (nSPS) is 10.1. The van der Waals surface area contributed by atoms with Crippen LogP contribution in [-0.4, -0.2) is 10.9 Å². The Hall–Kier alpha value is -1.68. The number of nitrogens with zero attached hydrogens (tertiary/aromatic N) is 1. The molecule has 1 aromatic heterocycles. The molecular formula is C14H13BrN2O. The van der Waals surface area contributed by atoms with Crippen LogP contribution in [0.2, 0.25) is 0 Å². The number of pyridine rings is 1. The summed E-state index contributed by atoms with van der Waals surface area (Å²) in [4.78, 5) is 15.7. The fraction of sp³-hybridized carbons (Fsp3) is 0.143. The van der Waals surface area contributed by atoms with Gasteiger partial charge in [-0.05, 0) is 30.2 Å². The molecule has 1 N–H and O–H groups in total. The van der Waals surface area contributed by atoms with Crippen LogP contribution in [0.25, 0.3) is 0 Å². The molecule has 0 spiro atoms. The summed E-state index contributed by atoms with van der Waals surface area (Å²) in [7, 11) is 0. The van der Waals surface area contributed by atoms with Crippen LogP contribution in [0, 0.1) is 0 Å². The van der Waals surface area contributed by atoms with Crippen LogP contribution in [0.5, 0.6) is 0 Å². The lowest BCUT2D eigenvalue weighted by molar-refractivity contribution is -0.116. The van der Waals surface area contributed by atoms with Crippen molar-refractivity contribution in [1.82, 2.24) is 4.98 Å². The summed E-state index contributed by atoms with van der Waals surface area (Å²) in [6.45, 7) is 0. The number of rotatable bonds is 4. The van der Waals surface area contributed by atoms with Gasteiger partial charge in [0.15, 0.2) is 0 Å². The molecule has 0 saturated carbocycles. The molecule has 0 saturated heterocycles. The third-order valence-corrected chi connectivity index (χ3v) is 3.32. The van der Waals surface area contributed by atoms with Crippen molar-refractivity contribution >= 4 is 27.5 Å². The zero-order valence-electron chi connectivity index (χ0n) is 9.77. The molecule has 0 aliphatic rings. The molecule has 3 nitrogen and oxygen atoms in total. The van der Waals surface area contributed by atoms with Gasteiger partial charge in [0, 0.05) is 29.0 Å². The van der Waals surface area contributed by atoms with Crippen LogP contribution >= 0.6 is 15.9 Å². The minimum atomic E-state index is 0.0111. The number of aromatic nitrogens is 1. The lowest BCUT2D eigenvalue weighted by Gasteiger charge is -2.06. The van der Waals surface area contributed by atoms with E-state index in [1.807, 2.05) is 24.3 Å². The van der Waals surface area contributed by atoms with E-state index in [-0.39, 0.29) is 5.91 Å². The van der Waals surface area contributed by atoms with E-state index in [1.54, 1.807) is 24.5 Å². The molecule has 1 heterocycles. The fourth-order valence-electron chi connectivity index (χ4n) is 1.61. The van der Waals surface area contributed by atoms with E-state index in [9.17, 15) is 4.79 Å². The van der Waals surface area contributed by atoms with Gasteiger partial charge < -0.3 is 5.32 Å². The van der Waals surface area contributed by atoms with Crippen LogP contribution < -0.4 is 5.32 Å². The maximum Gasteiger partial charge on any atom is 0.224 e. The van der Waals surface area contributed by atoms with Crippen LogP contribution in [0.15, 0.2) is 53.3 Å². The molecule has 0 unspecified atom stereocenters. The topological polar surface area (TPSA) is 42.0 Å². The molecule has 2 aromatic rings. The highest BCUT2D eigenvalue weighted by Crippen LogP contribution is 2.17. The summed E-state index contributed by atoms with van der Waals surface area (Å²) in [5.41, 5.74) is 1.92. The van der Waals surface area contributed by atoms with E-state index >= 15 is 0 Å². The number of halogens is 1. The monoisotopic (exact) mass is 304 g/mol. The molecule has 0 aliphatic heterocycles. The second-order valence-corrected chi connectivity index (χ2v) is 4.73. The summed E-state index contributed by atoms with van der Waals surface area (Å²) >= 11 is 3.47. The van der Waals surface area contributed by atoms with Crippen molar-refractivity contribution in [3.63, 3.8) is 0 Å². The molecule has 0 aliphatic carbocycles. The number of benzene rings is 1.